The van der Waals surface area contributed by atoms with E-state index in [1.54, 1.807) is 13.2 Å². The van der Waals surface area contributed by atoms with Crippen molar-refractivity contribution < 1.29 is 9.53 Å². The molecule has 0 aliphatic heterocycles. The lowest BCUT2D eigenvalue weighted by Gasteiger charge is -1.95. The van der Waals surface area contributed by atoms with Gasteiger partial charge in [0, 0.05) is 13.0 Å². The normalized spacial score (nSPS) is 9.73. The van der Waals surface area contributed by atoms with Crippen molar-refractivity contribution in [2.45, 2.75) is 6.92 Å². The monoisotopic (exact) mass is 234 g/mol. The highest BCUT2D eigenvalue weighted by Crippen LogP contribution is 2.32. The lowest BCUT2D eigenvalue weighted by atomic mass is 10.3. The molecule has 0 atom stereocenters. The molecule has 0 unspecified atom stereocenters. The van der Waals surface area contributed by atoms with Gasteiger partial charge in [-0.05, 0) is 15.9 Å². The van der Waals surface area contributed by atoms with Crippen molar-refractivity contribution in [3.05, 3.63) is 14.7 Å². The summed E-state index contributed by atoms with van der Waals surface area (Å²) in [5.74, 6) is 0.687. The van der Waals surface area contributed by atoms with Gasteiger partial charge in [0.05, 0.1) is 10.9 Å². The number of rotatable bonds is 2. The van der Waals surface area contributed by atoms with Gasteiger partial charge in [-0.25, -0.2) is 0 Å². The molecule has 1 heterocycles. The van der Waals surface area contributed by atoms with Crippen LogP contribution in [0.5, 0.6) is 5.75 Å². The highest BCUT2D eigenvalue weighted by Gasteiger charge is 2.11. The van der Waals surface area contributed by atoms with Crippen LogP contribution in [-0.2, 0) is 0 Å². The van der Waals surface area contributed by atoms with Crippen LogP contribution in [-0.4, -0.2) is 12.9 Å². The summed E-state index contributed by atoms with van der Waals surface area (Å²) in [4.78, 5) is 11.6. The molecule has 0 spiro atoms. The number of carbonyl (C=O) groups is 1. The maximum absolute atomic E-state index is 10.9. The van der Waals surface area contributed by atoms with Crippen LogP contribution in [0.2, 0.25) is 0 Å². The van der Waals surface area contributed by atoms with E-state index in [0.29, 0.717) is 10.6 Å². The third-order valence-corrected chi connectivity index (χ3v) is 2.93. The minimum Gasteiger partial charge on any atom is -0.495 e. The van der Waals surface area contributed by atoms with Crippen molar-refractivity contribution in [2.75, 3.05) is 7.11 Å². The number of ketones is 1. The Morgan fingerprint density at radius 2 is 2.36 bits per heavy atom. The number of ether oxygens (including phenoxy) is 1. The highest BCUT2D eigenvalue weighted by molar-refractivity contribution is 9.11. The molecule has 0 saturated carbocycles. The van der Waals surface area contributed by atoms with Gasteiger partial charge >= 0.3 is 0 Å². The van der Waals surface area contributed by atoms with Gasteiger partial charge in [0.25, 0.3) is 0 Å². The summed E-state index contributed by atoms with van der Waals surface area (Å²) in [6, 6.07) is 1.79. The van der Waals surface area contributed by atoms with Gasteiger partial charge in [-0.1, -0.05) is 0 Å². The molecule has 0 N–H and O–H groups in total. The molecule has 0 bridgehead atoms. The molecule has 11 heavy (non-hydrogen) atoms. The number of hydrogen-bond donors (Lipinski definition) is 0. The fraction of sp³-hybridized carbons (Fsp3) is 0.286. The zero-order chi connectivity index (χ0) is 8.43. The second-order valence-electron chi connectivity index (χ2n) is 2.00. The van der Waals surface area contributed by atoms with Crippen LogP contribution in [0.1, 0.15) is 16.6 Å². The maximum atomic E-state index is 10.9. The van der Waals surface area contributed by atoms with Gasteiger partial charge < -0.3 is 4.74 Å². The molecule has 1 rings (SSSR count). The summed E-state index contributed by atoms with van der Waals surface area (Å²) in [7, 11) is 1.56. The zero-order valence-electron chi connectivity index (χ0n) is 6.18. The molecule has 1 aromatic heterocycles. The summed E-state index contributed by atoms with van der Waals surface area (Å²) in [6.45, 7) is 1.53. The molecule has 2 nitrogen and oxygen atoms in total. The Balaban J connectivity index is 3.12. The molecule has 0 fully saturated rings. The van der Waals surface area contributed by atoms with Crippen molar-refractivity contribution in [3.63, 3.8) is 0 Å². The van der Waals surface area contributed by atoms with Gasteiger partial charge in [-0.2, -0.15) is 0 Å². The van der Waals surface area contributed by atoms with Crippen LogP contribution in [0.3, 0.4) is 0 Å². The van der Waals surface area contributed by atoms with Gasteiger partial charge in [-0.3, -0.25) is 4.79 Å². The third kappa shape index (κ3) is 1.81. The first kappa shape index (κ1) is 8.74. The first-order valence-corrected chi connectivity index (χ1v) is 4.60. The predicted molar refractivity (Wildman–Crippen MR) is 48.6 cm³/mol. The minimum absolute atomic E-state index is 0.0394. The van der Waals surface area contributed by atoms with Crippen LogP contribution in [0.4, 0.5) is 0 Å². The fourth-order valence-corrected chi connectivity index (χ4v) is 2.18. The van der Waals surface area contributed by atoms with Crippen molar-refractivity contribution in [2.24, 2.45) is 0 Å². The van der Waals surface area contributed by atoms with E-state index >= 15 is 0 Å². The summed E-state index contributed by atoms with van der Waals surface area (Å²) in [5, 5.41) is 0. The third-order valence-electron chi connectivity index (χ3n) is 1.21. The van der Waals surface area contributed by atoms with Gasteiger partial charge in [-0.15, -0.1) is 11.3 Å². The molecular weight excluding hydrogens is 228 g/mol. The molecule has 0 radical (unpaired) electrons. The number of hydrogen-bond acceptors (Lipinski definition) is 3. The van der Waals surface area contributed by atoms with E-state index in [-0.39, 0.29) is 5.78 Å². The van der Waals surface area contributed by atoms with E-state index in [0.717, 1.165) is 3.79 Å². The summed E-state index contributed by atoms with van der Waals surface area (Å²) >= 11 is 4.67. The van der Waals surface area contributed by atoms with E-state index in [1.165, 1.54) is 18.3 Å². The Labute approximate surface area is 77.3 Å². The van der Waals surface area contributed by atoms with Crippen molar-refractivity contribution in [1.29, 1.82) is 0 Å². The Morgan fingerprint density at radius 3 is 2.73 bits per heavy atom. The number of methoxy groups -OCH3 is 1. The number of carbonyl (C=O) groups excluding carboxylic acids is 1. The first-order chi connectivity index (χ1) is 5.15. The van der Waals surface area contributed by atoms with Crippen molar-refractivity contribution in [3.8, 4) is 5.75 Å². The largest absolute Gasteiger partial charge is 0.495 e. The predicted octanol–water partition coefficient (Wildman–Crippen LogP) is 2.72. The highest BCUT2D eigenvalue weighted by atomic mass is 79.9. The summed E-state index contributed by atoms with van der Waals surface area (Å²) < 4.78 is 5.90. The van der Waals surface area contributed by atoms with Crippen molar-refractivity contribution >= 4 is 33.0 Å². The van der Waals surface area contributed by atoms with Crippen LogP contribution in [0.15, 0.2) is 9.85 Å². The molecule has 0 aliphatic rings. The average molecular weight is 235 g/mol. The molecule has 0 amide bonds. The molecule has 0 aliphatic carbocycles. The second kappa shape index (κ2) is 3.36. The lowest BCUT2D eigenvalue weighted by Crippen LogP contribution is -1.90. The van der Waals surface area contributed by atoms with E-state index in [1.807, 2.05) is 0 Å². The van der Waals surface area contributed by atoms with Crippen LogP contribution in [0, 0.1) is 0 Å². The maximum Gasteiger partial charge on any atom is 0.173 e. The average Bonchev–Trinajstić information content (AvgIpc) is 2.30. The molecule has 0 saturated heterocycles. The van der Waals surface area contributed by atoms with E-state index in [4.69, 9.17) is 4.74 Å². The van der Waals surface area contributed by atoms with E-state index < -0.39 is 0 Å². The zero-order valence-corrected chi connectivity index (χ0v) is 8.58. The molecule has 0 aromatic carbocycles. The molecule has 60 valence electrons. The Kier molecular flexibility index (Phi) is 2.67. The summed E-state index contributed by atoms with van der Waals surface area (Å²) in [6.07, 6.45) is 0. The number of halogens is 1. The van der Waals surface area contributed by atoms with Crippen LogP contribution in [0.25, 0.3) is 0 Å². The Morgan fingerprint density at radius 1 is 1.73 bits per heavy atom. The molecular formula is C7H7BrO2S. The number of thiophene rings is 1. The van der Waals surface area contributed by atoms with Crippen LogP contribution < -0.4 is 4.74 Å². The Bertz CT molecular complexity index is 280. The number of Topliss-reactive ketones (excluding diaryl/α,β-unsaturated/α-hetero) is 1. The smallest absolute Gasteiger partial charge is 0.173 e. The van der Waals surface area contributed by atoms with E-state index in [2.05, 4.69) is 15.9 Å². The quantitative estimate of drug-likeness (QED) is 0.736. The topological polar surface area (TPSA) is 26.3 Å². The molecule has 1 aromatic rings. The lowest BCUT2D eigenvalue weighted by molar-refractivity contribution is 0.101. The first-order valence-electron chi connectivity index (χ1n) is 2.99. The summed E-state index contributed by atoms with van der Waals surface area (Å²) in [5.41, 5.74) is 0. The van der Waals surface area contributed by atoms with Gasteiger partial charge in [0.2, 0.25) is 0 Å². The van der Waals surface area contributed by atoms with Crippen molar-refractivity contribution in [1.82, 2.24) is 0 Å². The second-order valence-corrected chi connectivity index (χ2v) is 4.44. The molecule has 4 heteroatoms. The van der Waals surface area contributed by atoms with Crippen LogP contribution >= 0.6 is 27.3 Å². The van der Waals surface area contributed by atoms with E-state index in [9.17, 15) is 4.79 Å². The SMILES string of the molecule is COc1cc(Br)sc1C(C)=O. The van der Waals surface area contributed by atoms with Gasteiger partial charge in [0.1, 0.15) is 10.6 Å². The fourth-order valence-electron chi connectivity index (χ4n) is 0.743. The van der Waals surface area contributed by atoms with Gasteiger partial charge in [0.15, 0.2) is 5.78 Å². The minimum atomic E-state index is 0.0394. The Hall–Kier alpha value is -0.350. The standard InChI is InChI=1S/C7H7BrO2S/c1-4(9)7-5(10-2)3-6(8)11-7/h3H,1-2H3.